The summed E-state index contributed by atoms with van der Waals surface area (Å²) < 4.78 is 1.62. The van der Waals surface area contributed by atoms with E-state index in [1.165, 1.54) is 0 Å². The van der Waals surface area contributed by atoms with Crippen LogP contribution in [0.5, 0.6) is 0 Å². The molecule has 0 radical (unpaired) electrons. The van der Waals surface area contributed by atoms with Crippen LogP contribution in [0, 0.1) is 0 Å². The van der Waals surface area contributed by atoms with Crippen LogP contribution < -0.4 is 5.73 Å². The number of aromatic nitrogens is 4. The first-order valence-corrected chi connectivity index (χ1v) is 8.33. The van der Waals surface area contributed by atoms with Crippen molar-refractivity contribution in [1.82, 2.24) is 24.6 Å². The van der Waals surface area contributed by atoms with Gasteiger partial charge in [-0.3, -0.25) is 9.48 Å². The number of nitrogen functional groups attached to an aromatic ring is 1. The van der Waals surface area contributed by atoms with Crippen LogP contribution in [0.15, 0.2) is 24.8 Å². The standard InChI is InChI=1S/C16H21ClN6O/c1-16(2,23-10-13(18)9-21-23)15(24)22-5-3-11(4-6-22)14-19-7-12(17)8-20-14/h7-11H,3-6,18H2,1-2H3. The first-order valence-electron chi connectivity index (χ1n) is 7.95. The number of anilines is 1. The van der Waals surface area contributed by atoms with Crippen LogP contribution >= 0.6 is 11.6 Å². The molecule has 0 aliphatic carbocycles. The molecule has 0 unspecified atom stereocenters. The summed E-state index contributed by atoms with van der Waals surface area (Å²) in [6.45, 7) is 5.07. The van der Waals surface area contributed by atoms with Gasteiger partial charge < -0.3 is 10.6 Å². The van der Waals surface area contributed by atoms with Crippen molar-refractivity contribution in [2.45, 2.75) is 38.1 Å². The number of carbonyl (C=O) groups excluding carboxylic acids is 1. The summed E-state index contributed by atoms with van der Waals surface area (Å²) in [5.74, 6) is 1.10. The minimum absolute atomic E-state index is 0.0427. The molecule has 128 valence electrons. The molecule has 1 aliphatic rings. The van der Waals surface area contributed by atoms with E-state index in [4.69, 9.17) is 17.3 Å². The average Bonchev–Trinajstić information content (AvgIpc) is 3.02. The van der Waals surface area contributed by atoms with Crippen molar-refractivity contribution in [1.29, 1.82) is 0 Å². The van der Waals surface area contributed by atoms with E-state index in [2.05, 4.69) is 15.1 Å². The Hall–Kier alpha value is -2.15. The molecule has 2 N–H and O–H groups in total. The van der Waals surface area contributed by atoms with Crippen LogP contribution in [0.1, 0.15) is 38.4 Å². The molecule has 7 nitrogen and oxygen atoms in total. The molecule has 1 fully saturated rings. The Morgan fingerprint density at radius 1 is 1.25 bits per heavy atom. The second-order valence-electron chi connectivity index (χ2n) is 6.60. The van der Waals surface area contributed by atoms with Crippen molar-refractivity contribution in [3.63, 3.8) is 0 Å². The molecular formula is C16H21ClN6O. The summed E-state index contributed by atoms with van der Waals surface area (Å²) in [4.78, 5) is 23.4. The number of nitrogens with two attached hydrogens (primary N) is 1. The van der Waals surface area contributed by atoms with Gasteiger partial charge in [0, 0.05) is 37.6 Å². The molecule has 2 aromatic rings. The molecule has 1 aliphatic heterocycles. The Morgan fingerprint density at radius 3 is 2.42 bits per heavy atom. The van der Waals surface area contributed by atoms with Crippen molar-refractivity contribution in [2.24, 2.45) is 0 Å². The SMILES string of the molecule is CC(C)(C(=O)N1CCC(c2ncc(Cl)cn2)CC1)n1cc(N)cn1. The minimum Gasteiger partial charge on any atom is -0.396 e. The van der Waals surface area contributed by atoms with E-state index < -0.39 is 5.54 Å². The van der Waals surface area contributed by atoms with E-state index in [1.54, 1.807) is 29.5 Å². The van der Waals surface area contributed by atoms with Crippen molar-refractivity contribution in [2.75, 3.05) is 18.8 Å². The van der Waals surface area contributed by atoms with Gasteiger partial charge in [-0.15, -0.1) is 0 Å². The van der Waals surface area contributed by atoms with E-state index >= 15 is 0 Å². The lowest BCUT2D eigenvalue weighted by Crippen LogP contribution is -2.49. The van der Waals surface area contributed by atoms with Crippen LogP contribution in [0.25, 0.3) is 0 Å². The van der Waals surface area contributed by atoms with Crippen LogP contribution in [-0.4, -0.2) is 43.6 Å². The second kappa shape index (κ2) is 6.39. The van der Waals surface area contributed by atoms with Crippen LogP contribution in [0.4, 0.5) is 5.69 Å². The molecule has 3 rings (SSSR count). The number of hydrogen-bond donors (Lipinski definition) is 1. The molecule has 8 heteroatoms. The molecule has 0 saturated carbocycles. The smallest absolute Gasteiger partial charge is 0.249 e. The predicted octanol–water partition coefficient (Wildman–Crippen LogP) is 2.05. The molecule has 2 aromatic heterocycles. The molecule has 1 saturated heterocycles. The minimum atomic E-state index is -0.763. The molecule has 0 bridgehead atoms. The van der Waals surface area contributed by atoms with Crippen LogP contribution in [0.3, 0.4) is 0 Å². The summed E-state index contributed by atoms with van der Waals surface area (Å²) in [5.41, 5.74) is 5.50. The zero-order valence-corrected chi connectivity index (χ0v) is 14.6. The van der Waals surface area contributed by atoms with Gasteiger partial charge in [-0.1, -0.05) is 11.6 Å². The summed E-state index contributed by atoms with van der Waals surface area (Å²) in [6.07, 6.45) is 8.15. The average molecular weight is 349 g/mol. The van der Waals surface area contributed by atoms with E-state index in [0.717, 1.165) is 18.7 Å². The quantitative estimate of drug-likeness (QED) is 0.916. The van der Waals surface area contributed by atoms with E-state index in [-0.39, 0.29) is 11.8 Å². The zero-order chi connectivity index (χ0) is 17.3. The van der Waals surface area contributed by atoms with Crippen LogP contribution in [0.2, 0.25) is 5.02 Å². The summed E-state index contributed by atoms with van der Waals surface area (Å²) in [7, 11) is 0. The second-order valence-corrected chi connectivity index (χ2v) is 7.04. The number of hydrogen-bond acceptors (Lipinski definition) is 5. The maximum atomic E-state index is 12.9. The molecular weight excluding hydrogens is 328 g/mol. The van der Waals surface area contributed by atoms with E-state index in [1.807, 2.05) is 18.7 Å². The Bertz CT molecular complexity index is 718. The fourth-order valence-electron chi connectivity index (χ4n) is 3.00. The number of likely N-dealkylation sites (tertiary alicyclic amines) is 1. The Kier molecular flexibility index (Phi) is 4.45. The lowest BCUT2D eigenvalue weighted by atomic mass is 9.94. The fraction of sp³-hybridized carbons (Fsp3) is 0.500. The normalized spacial score (nSPS) is 16.4. The molecule has 24 heavy (non-hydrogen) atoms. The van der Waals surface area contributed by atoms with Gasteiger partial charge in [0.05, 0.1) is 16.9 Å². The summed E-state index contributed by atoms with van der Waals surface area (Å²) >= 11 is 5.83. The topological polar surface area (TPSA) is 89.9 Å². The molecule has 3 heterocycles. The lowest BCUT2D eigenvalue weighted by Gasteiger charge is -2.36. The van der Waals surface area contributed by atoms with Crippen molar-refractivity contribution in [3.05, 3.63) is 35.6 Å². The Balaban J connectivity index is 1.65. The third kappa shape index (κ3) is 3.21. The first kappa shape index (κ1) is 16.7. The predicted molar refractivity (Wildman–Crippen MR) is 91.6 cm³/mol. The highest BCUT2D eigenvalue weighted by Crippen LogP contribution is 2.28. The number of amides is 1. The van der Waals surface area contributed by atoms with Gasteiger partial charge in [0.1, 0.15) is 11.4 Å². The number of carbonyl (C=O) groups is 1. The highest BCUT2D eigenvalue weighted by atomic mass is 35.5. The van der Waals surface area contributed by atoms with Crippen molar-refractivity contribution < 1.29 is 4.79 Å². The Morgan fingerprint density at radius 2 is 1.88 bits per heavy atom. The first-order chi connectivity index (χ1) is 11.4. The van der Waals surface area contributed by atoms with Gasteiger partial charge in [0.25, 0.3) is 0 Å². The summed E-state index contributed by atoms with van der Waals surface area (Å²) in [5, 5.41) is 4.72. The molecule has 0 spiro atoms. The van der Waals surface area contributed by atoms with Gasteiger partial charge in [0.2, 0.25) is 5.91 Å². The maximum absolute atomic E-state index is 12.9. The molecule has 0 aromatic carbocycles. The van der Waals surface area contributed by atoms with Gasteiger partial charge in [-0.05, 0) is 26.7 Å². The molecule has 1 amide bonds. The highest BCUT2D eigenvalue weighted by Gasteiger charge is 2.36. The van der Waals surface area contributed by atoms with Gasteiger partial charge in [0.15, 0.2) is 0 Å². The number of rotatable bonds is 3. The monoisotopic (exact) mass is 348 g/mol. The van der Waals surface area contributed by atoms with Gasteiger partial charge in [-0.2, -0.15) is 5.10 Å². The third-order valence-electron chi connectivity index (χ3n) is 4.49. The maximum Gasteiger partial charge on any atom is 0.249 e. The Labute approximate surface area is 145 Å². The van der Waals surface area contributed by atoms with E-state index in [9.17, 15) is 4.79 Å². The third-order valence-corrected chi connectivity index (χ3v) is 4.68. The highest BCUT2D eigenvalue weighted by molar-refractivity contribution is 6.30. The van der Waals surface area contributed by atoms with Crippen LogP contribution in [-0.2, 0) is 10.3 Å². The lowest BCUT2D eigenvalue weighted by molar-refractivity contribution is -0.140. The largest absolute Gasteiger partial charge is 0.396 e. The number of piperidine rings is 1. The number of halogens is 1. The van der Waals surface area contributed by atoms with Gasteiger partial charge in [-0.25, -0.2) is 9.97 Å². The molecule has 0 atom stereocenters. The number of nitrogens with zero attached hydrogens (tertiary/aromatic N) is 5. The van der Waals surface area contributed by atoms with Crippen molar-refractivity contribution in [3.8, 4) is 0 Å². The summed E-state index contributed by atoms with van der Waals surface area (Å²) in [6, 6.07) is 0. The van der Waals surface area contributed by atoms with Gasteiger partial charge >= 0.3 is 0 Å². The zero-order valence-electron chi connectivity index (χ0n) is 13.8. The fourth-order valence-corrected chi connectivity index (χ4v) is 3.10. The van der Waals surface area contributed by atoms with Crippen molar-refractivity contribution >= 4 is 23.2 Å². The van der Waals surface area contributed by atoms with E-state index in [0.29, 0.717) is 23.8 Å².